The molecule has 1 saturated heterocycles. The van der Waals surface area contributed by atoms with Crippen LogP contribution in [0.25, 0.3) is 0 Å². The van der Waals surface area contributed by atoms with Gasteiger partial charge in [0, 0.05) is 16.8 Å². The van der Waals surface area contributed by atoms with E-state index in [4.69, 9.17) is 9.47 Å². The second-order valence-corrected chi connectivity index (χ2v) is 8.70. The fourth-order valence-corrected chi connectivity index (χ4v) is 4.26. The van der Waals surface area contributed by atoms with E-state index in [1.807, 2.05) is 29.6 Å². The van der Waals surface area contributed by atoms with E-state index in [0.717, 1.165) is 30.9 Å². The molecular formula is C23H31N3O3S. The third-order valence-corrected chi connectivity index (χ3v) is 6.37. The molecule has 162 valence electrons. The molecule has 1 aromatic heterocycles. The van der Waals surface area contributed by atoms with Gasteiger partial charge in [-0.1, -0.05) is 20.3 Å². The van der Waals surface area contributed by atoms with Crippen molar-refractivity contribution in [1.29, 1.82) is 0 Å². The van der Waals surface area contributed by atoms with Crippen LogP contribution < -0.4 is 14.9 Å². The van der Waals surface area contributed by atoms with Crippen molar-refractivity contribution in [2.45, 2.75) is 39.0 Å². The molecule has 2 aromatic rings. The Labute approximate surface area is 182 Å². The Morgan fingerprint density at radius 3 is 2.73 bits per heavy atom. The molecule has 3 rings (SSSR count). The number of hydrazone groups is 1. The number of hydrogen-bond acceptors (Lipinski definition) is 6. The molecule has 0 bridgehead atoms. The van der Waals surface area contributed by atoms with Gasteiger partial charge in [0.05, 0.1) is 18.9 Å². The molecule has 1 aliphatic rings. The highest BCUT2D eigenvalue weighted by atomic mass is 32.1. The Morgan fingerprint density at radius 1 is 1.23 bits per heavy atom. The first-order chi connectivity index (χ1) is 14.6. The molecule has 0 aliphatic carbocycles. The molecule has 0 radical (unpaired) electrons. The first-order valence-corrected chi connectivity index (χ1v) is 11.4. The smallest absolute Gasteiger partial charge is 0.272 e. The molecule has 2 heterocycles. The van der Waals surface area contributed by atoms with Gasteiger partial charge in [0.1, 0.15) is 6.61 Å². The van der Waals surface area contributed by atoms with Crippen LogP contribution in [0.5, 0.6) is 11.5 Å². The van der Waals surface area contributed by atoms with E-state index in [0.29, 0.717) is 23.8 Å². The molecule has 1 aromatic carbocycles. The van der Waals surface area contributed by atoms with Crippen LogP contribution in [0.4, 0.5) is 0 Å². The zero-order valence-corrected chi connectivity index (χ0v) is 18.8. The summed E-state index contributed by atoms with van der Waals surface area (Å²) in [4.78, 5) is 15.9. The highest BCUT2D eigenvalue weighted by molar-refractivity contribution is 7.10. The molecule has 30 heavy (non-hydrogen) atoms. The first kappa shape index (κ1) is 22.3. The zero-order valence-electron chi connectivity index (χ0n) is 18.0. The summed E-state index contributed by atoms with van der Waals surface area (Å²) in [5.74, 6) is 1.57. The minimum Gasteiger partial charge on any atom is -0.493 e. The number of benzene rings is 1. The standard InChI is InChI=1S/C23H31N3O3S/c1-17(2)22-14-19(16-30-22)23(27)25-24-15-18-7-8-20(21(13-18)28-3)29-12-11-26-9-5-4-6-10-26/h7-8,13-17H,4-6,9-12H2,1-3H3,(H,25,27). The zero-order chi connectivity index (χ0) is 21.3. The number of carbonyl (C=O) groups excluding carboxylic acids is 1. The normalized spacial score (nSPS) is 14.9. The van der Waals surface area contributed by atoms with E-state index in [1.54, 1.807) is 24.7 Å². The molecule has 0 spiro atoms. The maximum absolute atomic E-state index is 12.2. The lowest BCUT2D eigenvalue weighted by Crippen LogP contribution is -2.33. The summed E-state index contributed by atoms with van der Waals surface area (Å²) in [5, 5.41) is 5.94. The lowest BCUT2D eigenvalue weighted by atomic mass is 10.1. The van der Waals surface area contributed by atoms with E-state index < -0.39 is 0 Å². The number of likely N-dealkylation sites (tertiary alicyclic amines) is 1. The Morgan fingerprint density at radius 2 is 2.03 bits per heavy atom. The summed E-state index contributed by atoms with van der Waals surface area (Å²) < 4.78 is 11.4. The average Bonchev–Trinajstić information content (AvgIpc) is 3.26. The second-order valence-electron chi connectivity index (χ2n) is 7.75. The van der Waals surface area contributed by atoms with Crippen molar-refractivity contribution in [3.63, 3.8) is 0 Å². The van der Waals surface area contributed by atoms with Gasteiger partial charge in [-0.05, 0) is 61.7 Å². The summed E-state index contributed by atoms with van der Waals surface area (Å²) in [7, 11) is 1.62. The predicted octanol–water partition coefficient (Wildman–Crippen LogP) is 4.51. The van der Waals surface area contributed by atoms with Crippen molar-refractivity contribution in [2.24, 2.45) is 5.10 Å². The number of piperidine rings is 1. The molecule has 6 nitrogen and oxygen atoms in total. The first-order valence-electron chi connectivity index (χ1n) is 10.5. The number of ether oxygens (including phenoxy) is 2. The van der Waals surface area contributed by atoms with Gasteiger partial charge in [-0.3, -0.25) is 9.69 Å². The maximum atomic E-state index is 12.2. The minimum absolute atomic E-state index is 0.209. The van der Waals surface area contributed by atoms with Gasteiger partial charge in [0.25, 0.3) is 5.91 Å². The van der Waals surface area contributed by atoms with Crippen molar-refractivity contribution in [2.75, 3.05) is 33.4 Å². The third kappa shape index (κ3) is 6.31. The summed E-state index contributed by atoms with van der Waals surface area (Å²) >= 11 is 1.59. The van der Waals surface area contributed by atoms with Gasteiger partial charge >= 0.3 is 0 Å². The molecule has 1 aliphatic heterocycles. The van der Waals surface area contributed by atoms with Crippen LogP contribution in [0, 0.1) is 0 Å². The van der Waals surface area contributed by atoms with E-state index in [9.17, 15) is 4.79 Å². The van der Waals surface area contributed by atoms with Crippen molar-refractivity contribution >= 4 is 23.5 Å². The van der Waals surface area contributed by atoms with Crippen molar-refractivity contribution < 1.29 is 14.3 Å². The Hall–Kier alpha value is -2.38. The van der Waals surface area contributed by atoms with Gasteiger partial charge < -0.3 is 9.47 Å². The largest absolute Gasteiger partial charge is 0.493 e. The summed E-state index contributed by atoms with van der Waals surface area (Å²) in [6.07, 6.45) is 5.49. The number of rotatable bonds is 9. The highest BCUT2D eigenvalue weighted by Gasteiger charge is 2.12. The second kappa shape index (κ2) is 11.1. The molecule has 1 fully saturated rings. The lowest BCUT2D eigenvalue weighted by Gasteiger charge is -2.26. The minimum atomic E-state index is -0.209. The van der Waals surface area contributed by atoms with Crippen molar-refractivity contribution in [1.82, 2.24) is 10.3 Å². The van der Waals surface area contributed by atoms with E-state index >= 15 is 0 Å². The third-order valence-electron chi connectivity index (χ3n) is 5.13. The summed E-state index contributed by atoms with van der Waals surface area (Å²) in [5.41, 5.74) is 4.04. The highest BCUT2D eigenvalue weighted by Crippen LogP contribution is 2.27. The van der Waals surface area contributed by atoms with Gasteiger partial charge in [0.15, 0.2) is 11.5 Å². The summed E-state index contributed by atoms with van der Waals surface area (Å²) in [6, 6.07) is 7.55. The molecule has 0 saturated carbocycles. The quantitative estimate of drug-likeness (QED) is 0.471. The van der Waals surface area contributed by atoms with Crippen LogP contribution in [0.15, 0.2) is 34.7 Å². The number of nitrogens with zero attached hydrogens (tertiary/aromatic N) is 2. The Balaban J connectivity index is 1.52. The number of amides is 1. The molecule has 0 unspecified atom stereocenters. The van der Waals surface area contributed by atoms with Crippen molar-refractivity contribution in [3.05, 3.63) is 45.6 Å². The van der Waals surface area contributed by atoms with Gasteiger partial charge in [-0.25, -0.2) is 5.43 Å². The topological polar surface area (TPSA) is 63.2 Å². The van der Waals surface area contributed by atoms with Gasteiger partial charge in [-0.2, -0.15) is 5.10 Å². The van der Waals surface area contributed by atoms with Crippen LogP contribution in [-0.2, 0) is 0 Å². The molecule has 7 heteroatoms. The Bertz CT molecular complexity index is 857. The Kier molecular flexibility index (Phi) is 8.28. The van der Waals surface area contributed by atoms with Crippen LogP contribution in [0.1, 0.15) is 59.8 Å². The monoisotopic (exact) mass is 429 g/mol. The number of carbonyl (C=O) groups is 1. The summed E-state index contributed by atoms with van der Waals surface area (Å²) in [6.45, 7) is 8.11. The van der Waals surface area contributed by atoms with E-state index in [1.165, 1.54) is 24.1 Å². The number of nitrogens with one attached hydrogen (secondary N) is 1. The van der Waals surface area contributed by atoms with Crippen molar-refractivity contribution in [3.8, 4) is 11.5 Å². The predicted molar refractivity (Wildman–Crippen MR) is 122 cm³/mol. The van der Waals surface area contributed by atoms with E-state index in [2.05, 4.69) is 29.3 Å². The lowest BCUT2D eigenvalue weighted by molar-refractivity contribution is 0.0955. The van der Waals surface area contributed by atoms with Gasteiger partial charge in [-0.15, -0.1) is 11.3 Å². The number of thiophene rings is 1. The molecule has 1 N–H and O–H groups in total. The van der Waals surface area contributed by atoms with Crippen LogP contribution in [-0.4, -0.2) is 50.4 Å². The molecule has 1 amide bonds. The number of methoxy groups -OCH3 is 1. The molecule has 0 atom stereocenters. The average molecular weight is 430 g/mol. The van der Waals surface area contributed by atoms with Crippen LogP contribution >= 0.6 is 11.3 Å². The van der Waals surface area contributed by atoms with E-state index in [-0.39, 0.29) is 5.91 Å². The van der Waals surface area contributed by atoms with Crippen LogP contribution in [0.2, 0.25) is 0 Å². The number of hydrogen-bond donors (Lipinski definition) is 1. The maximum Gasteiger partial charge on any atom is 0.272 e. The fraction of sp³-hybridized carbons (Fsp3) is 0.478. The SMILES string of the molecule is COc1cc(C=NNC(=O)c2csc(C(C)C)c2)ccc1OCCN1CCCCC1. The fourth-order valence-electron chi connectivity index (χ4n) is 3.36. The van der Waals surface area contributed by atoms with Crippen LogP contribution in [0.3, 0.4) is 0 Å². The van der Waals surface area contributed by atoms with Gasteiger partial charge in [0.2, 0.25) is 0 Å². The molecular weight excluding hydrogens is 398 g/mol.